The van der Waals surface area contributed by atoms with Crippen LogP contribution in [0.15, 0.2) is 64.6 Å². The van der Waals surface area contributed by atoms with Gasteiger partial charge in [-0.15, -0.1) is 11.3 Å². The number of ether oxygens (including phenoxy) is 3. The van der Waals surface area contributed by atoms with Crippen LogP contribution in [0.5, 0.6) is 11.5 Å². The first kappa shape index (κ1) is 21.1. The molecule has 158 valence electrons. The number of benzene rings is 2. The van der Waals surface area contributed by atoms with Gasteiger partial charge in [-0.3, -0.25) is 0 Å². The molecule has 0 fully saturated rings. The molecular weight excluding hydrogens is 441 g/mol. The molecule has 1 aliphatic heterocycles. The highest BCUT2D eigenvalue weighted by Crippen LogP contribution is 2.38. The van der Waals surface area contributed by atoms with Gasteiger partial charge in [0.15, 0.2) is 17.2 Å². The van der Waals surface area contributed by atoms with Crippen molar-refractivity contribution in [1.29, 1.82) is 0 Å². The molecule has 0 saturated carbocycles. The minimum absolute atomic E-state index is 0.00625. The van der Waals surface area contributed by atoms with Crippen molar-refractivity contribution in [2.45, 2.75) is 13.5 Å². The van der Waals surface area contributed by atoms with E-state index in [0.29, 0.717) is 29.2 Å². The minimum atomic E-state index is -0.544. The predicted octanol–water partition coefficient (Wildman–Crippen LogP) is 5.86. The van der Waals surface area contributed by atoms with Gasteiger partial charge in [-0.2, -0.15) is 0 Å². The zero-order valence-corrected chi connectivity index (χ0v) is 18.0. The van der Waals surface area contributed by atoms with Crippen molar-refractivity contribution in [3.8, 4) is 11.5 Å². The largest absolute Gasteiger partial charge is 0.490 e. The van der Waals surface area contributed by atoms with Crippen LogP contribution in [0.2, 0.25) is 5.02 Å². The summed E-state index contributed by atoms with van der Waals surface area (Å²) >= 11 is 7.86. The molecule has 1 aromatic heterocycles. The molecule has 2 aromatic carbocycles. The zero-order chi connectivity index (χ0) is 21.8. The average molecular weight is 458 g/mol. The number of aliphatic imine (C=N–C) groups is 1. The second kappa shape index (κ2) is 9.32. The fraction of sp³-hybridized carbons (Fsp3) is 0.130. The Morgan fingerprint density at radius 2 is 2.03 bits per heavy atom. The Kier molecular flexibility index (Phi) is 6.34. The summed E-state index contributed by atoms with van der Waals surface area (Å²) in [5, 5.41) is 2.14. The number of thiophene rings is 1. The molecule has 0 N–H and O–H groups in total. The number of carbonyl (C=O) groups is 1. The number of hydrogen-bond acceptors (Lipinski definition) is 6. The van der Waals surface area contributed by atoms with Crippen LogP contribution in [0, 0.1) is 5.82 Å². The van der Waals surface area contributed by atoms with Crippen molar-refractivity contribution < 1.29 is 23.4 Å². The van der Waals surface area contributed by atoms with Crippen molar-refractivity contribution in [2.75, 3.05) is 6.61 Å². The lowest BCUT2D eigenvalue weighted by Gasteiger charge is -2.15. The molecule has 0 radical (unpaired) electrons. The number of rotatable bonds is 7. The number of halogens is 2. The van der Waals surface area contributed by atoms with E-state index in [9.17, 15) is 9.18 Å². The first-order valence-electron chi connectivity index (χ1n) is 9.44. The van der Waals surface area contributed by atoms with Gasteiger partial charge in [-0.1, -0.05) is 35.9 Å². The SMILES string of the molecule is CCOc1cc(/C=C2\N=C(c3cccs3)OC2=O)cc(Cl)c1OCc1ccccc1F. The normalized spacial score (nSPS) is 14.5. The summed E-state index contributed by atoms with van der Waals surface area (Å²) < 4.78 is 30.6. The monoisotopic (exact) mass is 457 g/mol. The van der Waals surface area contributed by atoms with Crippen LogP contribution in [0.4, 0.5) is 4.39 Å². The Morgan fingerprint density at radius 3 is 2.77 bits per heavy atom. The molecule has 0 unspecified atom stereocenters. The molecular formula is C23H17ClFNO4S. The Balaban J connectivity index is 1.62. The molecule has 0 atom stereocenters. The van der Waals surface area contributed by atoms with E-state index in [-0.39, 0.29) is 29.0 Å². The van der Waals surface area contributed by atoms with Gasteiger partial charge in [-0.05, 0) is 48.2 Å². The van der Waals surface area contributed by atoms with Crippen molar-refractivity contribution in [3.05, 3.63) is 86.5 Å². The highest BCUT2D eigenvalue weighted by atomic mass is 35.5. The Hall–Kier alpha value is -3.16. The van der Waals surface area contributed by atoms with Crippen molar-refractivity contribution in [3.63, 3.8) is 0 Å². The molecule has 0 amide bonds. The van der Waals surface area contributed by atoms with Gasteiger partial charge in [0.1, 0.15) is 12.4 Å². The summed E-state index contributed by atoms with van der Waals surface area (Å²) in [7, 11) is 0. The van der Waals surface area contributed by atoms with E-state index in [1.807, 2.05) is 24.4 Å². The Morgan fingerprint density at radius 1 is 1.19 bits per heavy atom. The van der Waals surface area contributed by atoms with Gasteiger partial charge in [0.2, 0.25) is 5.90 Å². The van der Waals surface area contributed by atoms with Gasteiger partial charge in [0, 0.05) is 5.56 Å². The lowest BCUT2D eigenvalue weighted by molar-refractivity contribution is -0.129. The van der Waals surface area contributed by atoms with E-state index < -0.39 is 5.97 Å². The van der Waals surface area contributed by atoms with Crippen molar-refractivity contribution in [2.24, 2.45) is 4.99 Å². The molecule has 0 aliphatic carbocycles. The van der Waals surface area contributed by atoms with Crippen LogP contribution < -0.4 is 9.47 Å². The number of esters is 1. The van der Waals surface area contributed by atoms with Gasteiger partial charge in [-0.25, -0.2) is 14.2 Å². The maximum atomic E-state index is 13.9. The van der Waals surface area contributed by atoms with Crippen molar-refractivity contribution >= 4 is 40.9 Å². The van der Waals surface area contributed by atoms with Crippen LogP contribution in [-0.4, -0.2) is 18.5 Å². The Bertz CT molecular complexity index is 1170. The predicted molar refractivity (Wildman–Crippen MR) is 118 cm³/mol. The first-order chi connectivity index (χ1) is 15.0. The maximum absolute atomic E-state index is 13.9. The smallest absolute Gasteiger partial charge is 0.363 e. The topological polar surface area (TPSA) is 57.1 Å². The molecule has 0 saturated heterocycles. The molecule has 1 aliphatic rings. The summed E-state index contributed by atoms with van der Waals surface area (Å²) in [5.74, 6) is 0.0411. The third kappa shape index (κ3) is 4.78. The summed E-state index contributed by atoms with van der Waals surface area (Å²) in [6.45, 7) is 2.19. The standard InChI is InChI=1S/C23H17ClFNO4S/c1-2-28-19-12-14(11-18-23(27)30-22(26-18)20-8-5-9-31-20)10-16(24)21(19)29-13-15-6-3-4-7-17(15)25/h3-12H,2,13H2,1H3/b18-11-. The number of carbonyl (C=O) groups excluding carboxylic acids is 1. The average Bonchev–Trinajstić information content (AvgIpc) is 3.39. The second-order valence-corrected chi connectivity index (χ2v) is 7.81. The second-order valence-electron chi connectivity index (χ2n) is 6.46. The highest BCUT2D eigenvalue weighted by Gasteiger charge is 2.25. The van der Waals surface area contributed by atoms with Crippen LogP contribution in [-0.2, 0) is 16.1 Å². The number of cyclic esters (lactones) is 1. The number of hydrogen-bond donors (Lipinski definition) is 0. The van der Waals surface area contributed by atoms with Crippen LogP contribution >= 0.6 is 22.9 Å². The molecule has 4 rings (SSSR count). The van der Waals surface area contributed by atoms with E-state index >= 15 is 0 Å². The molecule has 5 nitrogen and oxygen atoms in total. The van der Waals surface area contributed by atoms with Gasteiger partial charge in [0.05, 0.1) is 16.5 Å². The molecule has 0 spiro atoms. The molecule has 8 heteroatoms. The zero-order valence-electron chi connectivity index (χ0n) is 16.4. The third-order valence-corrected chi connectivity index (χ3v) is 5.46. The number of nitrogens with zero attached hydrogens (tertiary/aromatic N) is 1. The van der Waals surface area contributed by atoms with E-state index in [4.69, 9.17) is 25.8 Å². The highest BCUT2D eigenvalue weighted by molar-refractivity contribution is 7.12. The van der Waals surface area contributed by atoms with Crippen LogP contribution in [0.3, 0.4) is 0 Å². The van der Waals surface area contributed by atoms with Gasteiger partial charge < -0.3 is 14.2 Å². The summed E-state index contributed by atoms with van der Waals surface area (Å²) in [5.41, 5.74) is 1.15. The van der Waals surface area contributed by atoms with Gasteiger partial charge >= 0.3 is 5.97 Å². The fourth-order valence-electron chi connectivity index (χ4n) is 2.91. The fourth-order valence-corrected chi connectivity index (χ4v) is 3.83. The first-order valence-corrected chi connectivity index (χ1v) is 10.7. The van der Waals surface area contributed by atoms with Crippen molar-refractivity contribution in [1.82, 2.24) is 0 Å². The third-order valence-electron chi connectivity index (χ3n) is 4.32. The molecule has 0 bridgehead atoms. The quantitative estimate of drug-likeness (QED) is 0.329. The summed E-state index contributed by atoms with van der Waals surface area (Å²) in [4.78, 5) is 17.3. The van der Waals surface area contributed by atoms with Crippen LogP contribution in [0.1, 0.15) is 22.9 Å². The molecule has 3 aromatic rings. The molecule has 2 heterocycles. The summed E-state index contributed by atoms with van der Waals surface area (Å²) in [6, 6.07) is 13.3. The summed E-state index contributed by atoms with van der Waals surface area (Å²) in [6.07, 6.45) is 1.57. The Labute approximate surface area is 187 Å². The van der Waals surface area contributed by atoms with Gasteiger partial charge in [0.25, 0.3) is 0 Å². The van der Waals surface area contributed by atoms with E-state index in [2.05, 4.69) is 4.99 Å². The van der Waals surface area contributed by atoms with E-state index in [1.54, 1.807) is 36.4 Å². The lowest BCUT2D eigenvalue weighted by atomic mass is 10.1. The lowest BCUT2D eigenvalue weighted by Crippen LogP contribution is -2.03. The van der Waals surface area contributed by atoms with E-state index in [0.717, 1.165) is 4.88 Å². The van der Waals surface area contributed by atoms with E-state index in [1.165, 1.54) is 17.4 Å². The molecule has 31 heavy (non-hydrogen) atoms. The van der Waals surface area contributed by atoms with Crippen LogP contribution in [0.25, 0.3) is 6.08 Å². The maximum Gasteiger partial charge on any atom is 0.363 e. The minimum Gasteiger partial charge on any atom is -0.490 e.